The van der Waals surface area contributed by atoms with Crippen molar-refractivity contribution in [3.05, 3.63) is 82.6 Å². The first kappa shape index (κ1) is 23.3. The molecule has 0 spiro atoms. The second kappa shape index (κ2) is 9.97. The van der Waals surface area contributed by atoms with Gasteiger partial charge in [-0.25, -0.2) is 0 Å². The molecule has 5 nitrogen and oxygen atoms in total. The van der Waals surface area contributed by atoms with E-state index in [-0.39, 0.29) is 30.8 Å². The third-order valence-corrected chi connectivity index (χ3v) is 5.84. The van der Waals surface area contributed by atoms with Crippen molar-refractivity contribution in [1.82, 2.24) is 5.32 Å². The summed E-state index contributed by atoms with van der Waals surface area (Å²) in [6.45, 7) is 0.756. The van der Waals surface area contributed by atoms with E-state index in [1.54, 1.807) is 18.2 Å². The van der Waals surface area contributed by atoms with Crippen LogP contribution < -0.4 is 5.32 Å². The third-order valence-electron chi connectivity index (χ3n) is 5.84. The molecule has 4 rings (SSSR count). The van der Waals surface area contributed by atoms with Crippen LogP contribution in [0.5, 0.6) is 0 Å². The maximum absolute atomic E-state index is 12.9. The molecule has 1 fully saturated rings. The molecule has 1 saturated carbocycles. The van der Waals surface area contributed by atoms with Gasteiger partial charge in [-0.2, -0.15) is 13.2 Å². The van der Waals surface area contributed by atoms with Gasteiger partial charge in [-0.3, -0.25) is 4.79 Å². The molecule has 0 saturated heterocycles. The zero-order valence-corrected chi connectivity index (χ0v) is 18.0. The Morgan fingerprint density at radius 3 is 2.33 bits per heavy atom. The number of nitrogens with one attached hydrogen (secondary N) is 1. The molecule has 2 N–H and O–H groups in total. The van der Waals surface area contributed by atoms with Gasteiger partial charge in [-0.05, 0) is 53.7 Å². The van der Waals surface area contributed by atoms with Gasteiger partial charge < -0.3 is 19.9 Å². The van der Waals surface area contributed by atoms with Crippen LogP contribution in [0.25, 0.3) is 0 Å². The summed E-state index contributed by atoms with van der Waals surface area (Å²) in [6.07, 6.45) is -0.943. The molecule has 1 heterocycles. The van der Waals surface area contributed by atoms with Crippen molar-refractivity contribution < 1.29 is 32.5 Å². The highest BCUT2D eigenvalue weighted by Gasteiger charge is 2.32. The van der Waals surface area contributed by atoms with E-state index >= 15 is 0 Å². The fraction of sp³-hybridized carbons (Fsp3) is 0.400. The van der Waals surface area contributed by atoms with Crippen molar-refractivity contribution >= 4 is 5.91 Å². The molecule has 2 aromatic rings. The van der Waals surface area contributed by atoms with E-state index < -0.39 is 18.0 Å². The van der Waals surface area contributed by atoms with Crippen LogP contribution >= 0.6 is 0 Å². The van der Waals surface area contributed by atoms with E-state index in [1.807, 2.05) is 12.1 Å². The van der Waals surface area contributed by atoms with Crippen molar-refractivity contribution in [1.29, 1.82) is 0 Å². The van der Waals surface area contributed by atoms with Gasteiger partial charge in [0, 0.05) is 18.9 Å². The number of rotatable bonds is 8. The zero-order chi connectivity index (χ0) is 23.4. The molecular weight excluding hydrogens is 435 g/mol. The van der Waals surface area contributed by atoms with Crippen LogP contribution in [0.2, 0.25) is 0 Å². The molecule has 2 aliphatic rings. The Kier molecular flexibility index (Phi) is 7.05. The van der Waals surface area contributed by atoms with Crippen LogP contribution in [0, 0.1) is 5.92 Å². The maximum atomic E-state index is 12.9. The molecular formula is C25H26F3NO4. The van der Waals surface area contributed by atoms with Crippen LogP contribution in [0.15, 0.2) is 60.4 Å². The van der Waals surface area contributed by atoms with Gasteiger partial charge in [0.15, 0.2) is 5.76 Å². The molecule has 0 radical (unpaired) electrons. The minimum Gasteiger partial charge on any atom is -0.459 e. The fourth-order valence-corrected chi connectivity index (χ4v) is 3.65. The summed E-state index contributed by atoms with van der Waals surface area (Å²) in [7, 11) is 0. The number of carbonyl (C=O) groups excluding carboxylic acids is 1. The molecule has 1 amide bonds. The minimum atomic E-state index is -4.41. The smallest absolute Gasteiger partial charge is 0.416 e. The highest BCUT2D eigenvalue weighted by atomic mass is 19.4. The second-order valence-corrected chi connectivity index (χ2v) is 8.48. The lowest BCUT2D eigenvalue weighted by atomic mass is 9.92. The largest absolute Gasteiger partial charge is 0.459 e. The first-order chi connectivity index (χ1) is 15.8. The van der Waals surface area contributed by atoms with Crippen LogP contribution in [0.4, 0.5) is 13.2 Å². The van der Waals surface area contributed by atoms with Gasteiger partial charge >= 0.3 is 6.18 Å². The number of benzene rings is 2. The van der Waals surface area contributed by atoms with Gasteiger partial charge in [0.25, 0.3) is 5.91 Å². The number of hydrogen-bond acceptors (Lipinski definition) is 4. The highest BCUT2D eigenvalue weighted by molar-refractivity contribution is 5.91. The summed E-state index contributed by atoms with van der Waals surface area (Å²) >= 11 is 0. The summed E-state index contributed by atoms with van der Waals surface area (Å²) in [5.41, 5.74) is 1.59. The summed E-state index contributed by atoms with van der Waals surface area (Å²) in [5.74, 6) is -0.0610. The molecule has 2 atom stereocenters. The lowest BCUT2D eigenvalue weighted by Gasteiger charge is -2.29. The van der Waals surface area contributed by atoms with E-state index in [0.717, 1.165) is 36.1 Å². The van der Waals surface area contributed by atoms with Crippen molar-refractivity contribution in [3.8, 4) is 0 Å². The number of ether oxygens (including phenoxy) is 2. The first-order valence-electron chi connectivity index (χ1n) is 11.0. The average Bonchev–Trinajstić information content (AvgIpc) is 3.65. The van der Waals surface area contributed by atoms with Crippen LogP contribution in [-0.4, -0.2) is 23.8 Å². The molecule has 1 aliphatic carbocycles. The van der Waals surface area contributed by atoms with Crippen LogP contribution in [0.3, 0.4) is 0 Å². The fourth-order valence-electron chi connectivity index (χ4n) is 3.65. The summed E-state index contributed by atoms with van der Waals surface area (Å²) in [4.78, 5) is 12.7. The number of allylic oxidation sites excluding steroid dienone is 1. The monoisotopic (exact) mass is 461 g/mol. The predicted molar refractivity (Wildman–Crippen MR) is 115 cm³/mol. The molecule has 0 unspecified atom stereocenters. The molecule has 0 aromatic heterocycles. The van der Waals surface area contributed by atoms with Crippen molar-refractivity contribution in [2.45, 2.75) is 50.9 Å². The van der Waals surface area contributed by atoms with Crippen molar-refractivity contribution in [2.75, 3.05) is 6.54 Å². The molecule has 1 aliphatic heterocycles. The van der Waals surface area contributed by atoms with Crippen LogP contribution in [-0.2, 0) is 33.7 Å². The normalized spacial score (nSPS) is 20.7. The van der Waals surface area contributed by atoms with Gasteiger partial charge in [-0.1, -0.05) is 36.4 Å². The first-order valence-corrected chi connectivity index (χ1v) is 11.0. The zero-order valence-electron chi connectivity index (χ0n) is 18.0. The Hall–Kier alpha value is -2.84. The summed E-state index contributed by atoms with van der Waals surface area (Å²) in [6, 6.07) is 12.2. The number of hydrogen-bond donors (Lipinski definition) is 2. The highest BCUT2D eigenvalue weighted by Crippen LogP contribution is 2.35. The Bertz CT molecular complexity index is 982. The van der Waals surface area contributed by atoms with E-state index in [4.69, 9.17) is 14.6 Å². The van der Waals surface area contributed by atoms with Gasteiger partial charge in [0.05, 0.1) is 18.8 Å². The summed E-state index contributed by atoms with van der Waals surface area (Å²) < 4.78 is 50.5. The Labute approximate surface area is 190 Å². The quantitative estimate of drug-likeness (QED) is 0.600. The van der Waals surface area contributed by atoms with Gasteiger partial charge in [0.1, 0.15) is 0 Å². The Morgan fingerprint density at radius 1 is 1.06 bits per heavy atom. The molecule has 0 bridgehead atoms. The van der Waals surface area contributed by atoms with Gasteiger partial charge in [0.2, 0.25) is 6.29 Å². The second-order valence-electron chi connectivity index (χ2n) is 8.48. The van der Waals surface area contributed by atoms with Crippen LogP contribution in [0.1, 0.15) is 47.4 Å². The molecule has 2 aromatic carbocycles. The average molecular weight is 461 g/mol. The number of amides is 1. The number of alkyl halides is 3. The predicted octanol–water partition coefficient (Wildman–Crippen LogP) is 4.65. The minimum absolute atomic E-state index is 0.0498. The number of halogens is 3. The molecule has 8 heteroatoms. The van der Waals surface area contributed by atoms with Crippen molar-refractivity contribution in [3.63, 3.8) is 0 Å². The Balaban J connectivity index is 1.48. The topological polar surface area (TPSA) is 67.8 Å². The van der Waals surface area contributed by atoms with E-state index in [1.165, 1.54) is 12.1 Å². The van der Waals surface area contributed by atoms with E-state index in [0.29, 0.717) is 24.4 Å². The SMILES string of the molecule is O=C(NCC1CC1)C1=C[C@H](c2ccc(C(F)(F)F)cc2)C[C@H](OCc2ccc(CO)cc2)O1. The third kappa shape index (κ3) is 6.36. The number of aliphatic hydroxyl groups is 1. The standard InChI is InChI=1S/C25H26F3NO4/c26-25(27,28)21-9-7-19(8-10-21)20-11-22(24(31)29-13-16-1-2-16)33-23(12-20)32-15-18-5-3-17(14-30)4-6-18/h3-11,16,20,23,30H,1-2,12-15H2,(H,29,31)/t20-,23+/m0/s1. The van der Waals surface area contributed by atoms with E-state index in [2.05, 4.69) is 5.32 Å². The number of aliphatic hydroxyl groups excluding tert-OH is 1. The number of carbonyl (C=O) groups is 1. The lowest BCUT2D eigenvalue weighted by Crippen LogP contribution is -2.33. The van der Waals surface area contributed by atoms with Gasteiger partial charge in [-0.15, -0.1) is 0 Å². The van der Waals surface area contributed by atoms with E-state index in [9.17, 15) is 18.0 Å². The maximum Gasteiger partial charge on any atom is 0.416 e. The lowest BCUT2D eigenvalue weighted by molar-refractivity contribution is -0.150. The molecule has 33 heavy (non-hydrogen) atoms. The van der Waals surface area contributed by atoms with Crippen molar-refractivity contribution in [2.24, 2.45) is 5.92 Å². The molecule has 176 valence electrons. The summed E-state index contributed by atoms with van der Waals surface area (Å²) in [5, 5.41) is 12.0. The Morgan fingerprint density at radius 2 is 1.73 bits per heavy atom.